The summed E-state index contributed by atoms with van der Waals surface area (Å²) < 4.78 is 28.2. The number of benzene rings is 2. The monoisotopic (exact) mass is 895 g/mol. The van der Waals surface area contributed by atoms with Crippen LogP contribution in [0.25, 0.3) is 22.3 Å². The fraction of sp³-hybridized carbons (Fsp3) is 0.391. The molecular weight excluding hydrogens is 846 g/mol. The van der Waals surface area contributed by atoms with Crippen molar-refractivity contribution in [1.29, 1.82) is 0 Å². The number of halogens is 1. The highest BCUT2D eigenvalue weighted by atomic mass is 19.1. The number of carbonyl (C=O) groups is 6. The number of likely N-dealkylation sites (N-methyl/N-ethyl adjacent to an activating group) is 1. The molecule has 0 saturated carbocycles. The third kappa shape index (κ3) is 9.25. The predicted octanol–water partition coefficient (Wildman–Crippen LogP) is 1.20. The van der Waals surface area contributed by atoms with Gasteiger partial charge in [-0.1, -0.05) is 19.1 Å². The summed E-state index contributed by atoms with van der Waals surface area (Å²) in [5, 5.41) is 25.8. The molecule has 4 aliphatic heterocycles. The predicted molar refractivity (Wildman–Crippen MR) is 230 cm³/mol. The van der Waals surface area contributed by atoms with Crippen LogP contribution in [0.4, 0.5) is 10.1 Å². The minimum absolute atomic E-state index is 0.0196. The van der Waals surface area contributed by atoms with E-state index in [-0.39, 0.29) is 73.2 Å². The van der Waals surface area contributed by atoms with Crippen LogP contribution in [-0.4, -0.2) is 118 Å². The van der Waals surface area contributed by atoms with E-state index in [2.05, 4.69) is 22.6 Å². The first kappa shape index (κ1) is 46.2. The summed E-state index contributed by atoms with van der Waals surface area (Å²) in [5.74, 6) is -2.82. The number of rotatable bonds is 13. The van der Waals surface area contributed by atoms with E-state index in [4.69, 9.17) is 24.4 Å². The van der Waals surface area contributed by atoms with Gasteiger partial charge in [-0.2, -0.15) is 0 Å². The number of esters is 1. The van der Waals surface area contributed by atoms with E-state index in [1.165, 1.54) is 25.3 Å². The summed E-state index contributed by atoms with van der Waals surface area (Å²) in [6.45, 7) is 7.26. The van der Waals surface area contributed by atoms with E-state index in [0.717, 1.165) is 58.8 Å². The van der Waals surface area contributed by atoms with Crippen LogP contribution < -0.4 is 26.0 Å². The first-order chi connectivity index (χ1) is 31.0. The van der Waals surface area contributed by atoms with Crippen molar-refractivity contribution in [3.63, 3.8) is 0 Å². The third-order valence-corrected chi connectivity index (χ3v) is 12.6. The number of fused-ring (bicyclic) bond motifs is 5. The molecule has 65 heavy (non-hydrogen) atoms. The fourth-order valence-corrected chi connectivity index (χ4v) is 8.84. The van der Waals surface area contributed by atoms with E-state index >= 15 is 4.39 Å². The average molecular weight is 896 g/mol. The zero-order valence-corrected chi connectivity index (χ0v) is 36.5. The Hall–Kier alpha value is -6.83. The van der Waals surface area contributed by atoms with Crippen LogP contribution in [0.1, 0.15) is 60.9 Å². The summed E-state index contributed by atoms with van der Waals surface area (Å²) in [7, 11) is 3.62. The van der Waals surface area contributed by atoms with Crippen LogP contribution in [0.3, 0.4) is 0 Å². The highest BCUT2D eigenvalue weighted by Gasteiger charge is 2.45. The largest absolute Gasteiger partial charge is 0.554 e. The Labute approximate surface area is 372 Å². The zero-order chi connectivity index (χ0) is 46.8. The number of amides is 4. The molecule has 2 aromatic carbocycles. The van der Waals surface area contributed by atoms with E-state index in [9.17, 15) is 33.9 Å². The number of hydrogen-bond donors (Lipinski definition) is 3. The van der Waals surface area contributed by atoms with Crippen LogP contribution >= 0.6 is 0 Å². The van der Waals surface area contributed by atoms with Crippen molar-refractivity contribution in [2.24, 2.45) is 0 Å². The number of cyclic esters (lactones) is 1. The molecule has 0 radical (unpaired) electrons. The third-order valence-electron chi connectivity index (χ3n) is 12.6. The van der Waals surface area contributed by atoms with Crippen molar-refractivity contribution in [2.75, 3.05) is 52.2 Å². The number of nitrogens with zero attached hydrogens (tertiary/aromatic N) is 5. The van der Waals surface area contributed by atoms with Gasteiger partial charge in [-0.15, -0.1) is 0 Å². The number of piperazine rings is 1. The maximum atomic E-state index is 15.2. The van der Waals surface area contributed by atoms with Gasteiger partial charge in [-0.25, -0.2) is 14.2 Å². The van der Waals surface area contributed by atoms with E-state index in [1.54, 1.807) is 30.5 Å². The topological polar surface area (TPSA) is 230 Å². The van der Waals surface area contributed by atoms with Gasteiger partial charge in [0.25, 0.3) is 17.4 Å². The van der Waals surface area contributed by atoms with Gasteiger partial charge in [-0.3, -0.25) is 33.8 Å². The van der Waals surface area contributed by atoms with Crippen molar-refractivity contribution in [1.82, 2.24) is 24.7 Å². The molecule has 342 valence electrons. The van der Waals surface area contributed by atoms with Gasteiger partial charge in [0, 0.05) is 85.1 Å². The molecule has 19 heteroatoms. The molecule has 3 N–H and O–H groups in total. The normalized spacial score (nSPS) is 18.8. The van der Waals surface area contributed by atoms with Gasteiger partial charge in [0.2, 0.25) is 11.8 Å². The van der Waals surface area contributed by atoms with Crippen molar-refractivity contribution < 1.29 is 57.3 Å². The molecule has 1 saturated heterocycles. The van der Waals surface area contributed by atoms with Crippen molar-refractivity contribution in [3.05, 3.63) is 98.6 Å². The van der Waals surface area contributed by atoms with Crippen LogP contribution in [0.2, 0.25) is 0 Å². The highest BCUT2D eigenvalue weighted by molar-refractivity contribution is 6.12. The Balaban J connectivity index is 0.00000204. The van der Waals surface area contributed by atoms with Crippen molar-refractivity contribution >= 4 is 52.7 Å². The standard InChI is InChI=1S/C45H48FN7O9.CH2O2/c1-5-45(60)33-20-36-41-31(23-52(36)43(58)32(33)25-62-44(45)59)30(29-19-37(61-4)34(46)21-35(29)49-41)22-50-15-17-53(3,18-16-50)24-27-8-10-28(11-9-27)48-42(57)26(2)47-38(54)7-6-14-51-39(55)12-13-40(51)56;2-1-3/h8-13,19-21,26,60H,5-7,14-18,22-25H2,1-4H3,(H-,47,48,54,57);1H,(H,2,3)/t26?,45-;/m0./s1. The number of carbonyl (C=O) groups excluding carboxylic acids is 6. The summed E-state index contributed by atoms with van der Waals surface area (Å²) >= 11 is 0. The number of aromatic nitrogens is 2. The Morgan fingerprint density at radius 1 is 1.08 bits per heavy atom. The number of aliphatic hydroxyl groups is 1. The second-order valence-electron chi connectivity index (χ2n) is 16.9. The molecular formula is C46H50FN7O11. The molecule has 8 rings (SSSR count). The summed E-state index contributed by atoms with van der Waals surface area (Å²) in [4.78, 5) is 91.9. The Morgan fingerprint density at radius 3 is 2.40 bits per heavy atom. The maximum absolute atomic E-state index is 15.2. The van der Waals surface area contributed by atoms with Crippen LogP contribution in [0, 0.1) is 5.82 Å². The highest BCUT2D eigenvalue weighted by Crippen LogP contribution is 2.41. The molecule has 4 amide bonds. The number of ether oxygens (including phenoxy) is 2. The van der Waals surface area contributed by atoms with Crippen molar-refractivity contribution in [2.45, 2.75) is 71.0 Å². The summed E-state index contributed by atoms with van der Waals surface area (Å²) in [6, 6.07) is 11.5. The smallest absolute Gasteiger partial charge is 0.343 e. The first-order valence-corrected chi connectivity index (χ1v) is 21.2. The summed E-state index contributed by atoms with van der Waals surface area (Å²) in [6.07, 6.45) is 2.76. The number of imide groups is 1. The molecule has 0 spiro atoms. The average Bonchev–Trinajstić information content (AvgIpc) is 3.81. The second kappa shape index (κ2) is 18.7. The molecule has 0 aliphatic carbocycles. The molecule has 2 aromatic heterocycles. The van der Waals surface area contributed by atoms with Gasteiger partial charge in [0.1, 0.15) is 19.2 Å². The number of pyridine rings is 2. The van der Waals surface area contributed by atoms with Crippen LogP contribution in [-0.2, 0) is 65.3 Å². The number of methoxy groups -OCH3 is 1. The van der Waals surface area contributed by atoms with Gasteiger partial charge >= 0.3 is 5.97 Å². The second-order valence-corrected chi connectivity index (χ2v) is 16.9. The number of nitrogens with one attached hydrogen (secondary N) is 2. The molecule has 6 heterocycles. The molecule has 4 aromatic rings. The molecule has 0 bridgehead atoms. The van der Waals surface area contributed by atoms with Gasteiger partial charge in [0.05, 0.1) is 56.3 Å². The van der Waals surface area contributed by atoms with E-state index in [0.29, 0.717) is 34.5 Å². The maximum Gasteiger partial charge on any atom is 0.343 e. The van der Waals surface area contributed by atoms with Gasteiger partial charge in [-0.05, 0) is 49.6 Å². The lowest BCUT2D eigenvalue weighted by atomic mass is 9.86. The first-order valence-electron chi connectivity index (χ1n) is 21.2. The Morgan fingerprint density at radius 2 is 1.75 bits per heavy atom. The molecule has 1 fully saturated rings. The summed E-state index contributed by atoms with van der Waals surface area (Å²) in [5.41, 5.74) is 2.86. The van der Waals surface area contributed by atoms with Crippen LogP contribution in [0.15, 0.2) is 59.4 Å². The van der Waals surface area contributed by atoms with E-state index in [1.807, 2.05) is 24.3 Å². The van der Waals surface area contributed by atoms with Gasteiger partial charge in [0.15, 0.2) is 17.2 Å². The zero-order valence-electron chi connectivity index (χ0n) is 36.5. The lowest BCUT2D eigenvalue weighted by Crippen LogP contribution is -2.56. The van der Waals surface area contributed by atoms with Crippen LogP contribution in [0.5, 0.6) is 5.75 Å². The van der Waals surface area contributed by atoms with Gasteiger partial charge < -0.3 is 44.2 Å². The number of carboxylic acid groups (broad SMARTS) is 1. The molecule has 2 atom stereocenters. The molecule has 4 aliphatic rings. The molecule has 1 unspecified atom stereocenters. The number of anilines is 1. The Bertz CT molecular complexity index is 2660. The fourth-order valence-electron chi connectivity index (χ4n) is 8.84. The lowest BCUT2D eigenvalue weighted by molar-refractivity contribution is -0.926. The Kier molecular flexibility index (Phi) is 13.3. The lowest BCUT2D eigenvalue weighted by Gasteiger charge is -2.42. The minimum atomic E-state index is -1.97. The quantitative estimate of drug-likeness (QED) is 0.0654. The SMILES string of the molecule is CC[C@@]1(O)C(=O)OCc2c1cc1n(c2=O)Cc2c-1nc1cc(F)c(OC)cc1c2CN1CC[N+](C)(Cc2ccc(NC(=O)C(C)NC(=O)CCCN3C(=O)C=CC3=O)cc2)CC1.O=C[O-]. The number of hydrogen-bond acceptors (Lipinski definition) is 13. The molecule has 18 nitrogen and oxygen atoms in total. The minimum Gasteiger partial charge on any atom is -0.554 e. The van der Waals surface area contributed by atoms with Crippen molar-refractivity contribution in [3.8, 4) is 17.1 Å². The number of quaternary nitrogens is 1. The van der Waals surface area contributed by atoms with E-state index < -0.39 is 41.7 Å².